The summed E-state index contributed by atoms with van der Waals surface area (Å²) in [6.45, 7) is 3.05. The van der Waals surface area contributed by atoms with Crippen LogP contribution in [0.4, 0.5) is 4.79 Å². The van der Waals surface area contributed by atoms with Gasteiger partial charge < -0.3 is 34.2 Å². The molecule has 4 aromatic carbocycles. The summed E-state index contributed by atoms with van der Waals surface area (Å²) in [7, 11) is 3.04. The second-order valence-corrected chi connectivity index (χ2v) is 15.0. The third-order valence-corrected chi connectivity index (χ3v) is 11.1. The molecule has 0 saturated carbocycles. The van der Waals surface area contributed by atoms with Gasteiger partial charge in [0.15, 0.2) is 23.9 Å². The van der Waals surface area contributed by atoms with Crippen LogP contribution < -0.4 is 24.3 Å². The highest BCUT2D eigenvalue weighted by atomic mass is 35.5. The summed E-state index contributed by atoms with van der Waals surface area (Å²) in [5.74, 6) is 1.33. The predicted octanol–water partition coefficient (Wildman–Crippen LogP) is 8.27. The van der Waals surface area contributed by atoms with Crippen molar-refractivity contribution in [2.75, 3.05) is 33.9 Å². The number of halogens is 2. The van der Waals surface area contributed by atoms with E-state index in [1.54, 1.807) is 36.4 Å². The number of amides is 1. The smallest absolute Gasteiger partial charge is 0.408 e. The molecule has 11 nitrogen and oxygen atoms in total. The number of nitrogens with one attached hydrogen (secondary N) is 1. The van der Waals surface area contributed by atoms with Gasteiger partial charge in [0.2, 0.25) is 0 Å². The molecule has 2 unspecified atom stereocenters. The first-order valence-electron chi connectivity index (χ1n) is 18.7. The fraction of sp³-hybridized carbons (Fsp3) is 0.295. The Morgan fingerprint density at radius 1 is 0.842 bits per heavy atom. The minimum absolute atomic E-state index is 0.0785. The lowest BCUT2D eigenvalue weighted by molar-refractivity contribution is -0.605. The van der Waals surface area contributed by atoms with Gasteiger partial charge >= 0.3 is 12.1 Å². The number of hydrogen-bond donors (Lipinski definition) is 1. The van der Waals surface area contributed by atoms with Gasteiger partial charge in [0, 0.05) is 18.5 Å². The number of piperidine rings is 3. The largest absolute Gasteiger partial charge is 0.619 e. The first-order chi connectivity index (χ1) is 27.7. The molecule has 1 N–H and O–H groups in total. The number of nitrogens with zero attached hydrogens (tertiary/aromatic N) is 2. The average Bonchev–Trinajstić information content (AvgIpc) is 3.23. The molecule has 3 atom stereocenters. The van der Waals surface area contributed by atoms with Crippen LogP contribution in [0.3, 0.4) is 0 Å². The van der Waals surface area contributed by atoms with E-state index >= 15 is 0 Å². The van der Waals surface area contributed by atoms with Gasteiger partial charge in [0.1, 0.15) is 34.6 Å². The number of hydrogen-bond acceptors (Lipinski definition) is 9. The number of alkyl carbamates (subject to hydrolysis) is 1. The van der Waals surface area contributed by atoms with Crippen LogP contribution in [-0.2, 0) is 22.5 Å². The number of benzene rings is 4. The Kier molecular flexibility index (Phi) is 12.7. The first-order valence-corrected chi connectivity index (χ1v) is 19.5. The first kappa shape index (κ1) is 39.7. The van der Waals surface area contributed by atoms with Crippen LogP contribution in [0, 0.1) is 11.1 Å². The van der Waals surface area contributed by atoms with Crippen molar-refractivity contribution in [1.29, 1.82) is 0 Å². The number of methoxy groups -OCH3 is 2. The van der Waals surface area contributed by atoms with E-state index in [1.807, 2.05) is 60.7 Å². The number of ether oxygens (including phenoxy) is 5. The maximum Gasteiger partial charge on any atom is 0.408 e. The Morgan fingerprint density at radius 3 is 2.26 bits per heavy atom. The highest BCUT2D eigenvalue weighted by Crippen LogP contribution is 2.36. The molecule has 3 fully saturated rings. The van der Waals surface area contributed by atoms with Crippen molar-refractivity contribution in [3.63, 3.8) is 0 Å². The summed E-state index contributed by atoms with van der Waals surface area (Å²) < 4.78 is 29.8. The van der Waals surface area contributed by atoms with Crippen LogP contribution >= 0.6 is 23.2 Å². The van der Waals surface area contributed by atoms with Crippen molar-refractivity contribution in [2.45, 2.75) is 44.1 Å². The monoisotopic (exact) mass is 811 g/mol. The van der Waals surface area contributed by atoms with Gasteiger partial charge in [-0.3, -0.25) is 4.90 Å². The zero-order valence-electron chi connectivity index (χ0n) is 31.6. The molecule has 0 radical (unpaired) electrons. The van der Waals surface area contributed by atoms with Crippen molar-refractivity contribution in [3.8, 4) is 17.2 Å². The zero-order valence-corrected chi connectivity index (χ0v) is 33.1. The molecular weight excluding hydrogens is 769 g/mol. The standard InChI is InChI=1S/C44H43Cl2N3O8/c1-53-38-15-14-31(22-40(38)54-2)39(23-35-36(45)24-49(52)25-37(35)46)56-43(50)33-12-6-8-28(20-33)27-55-34-13-7-11-32(21-34)42(30-9-4-3-5-10-30)47-44(51)57-41-26-48-18-16-29(41)17-19-48/h3-15,20-22,24-25,29,39,41-42H,16-19,23,26-27H2,1-2H3,(H,47,51)/t39?,41-,42?/m0/s1. The number of aromatic nitrogens is 1. The van der Waals surface area contributed by atoms with E-state index in [2.05, 4.69) is 10.2 Å². The second-order valence-electron chi connectivity index (χ2n) is 14.1. The summed E-state index contributed by atoms with van der Waals surface area (Å²) in [4.78, 5) is 29.4. The topological polar surface area (TPSA) is 123 Å². The minimum atomic E-state index is -0.864. The molecule has 5 aromatic rings. The summed E-state index contributed by atoms with van der Waals surface area (Å²) >= 11 is 12.9. The van der Waals surface area contributed by atoms with Crippen molar-refractivity contribution in [2.24, 2.45) is 5.92 Å². The lowest BCUT2D eigenvalue weighted by atomic mass is 9.86. The molecule has 1 amide bonds. The molecule has 4 heterocycles. The predicted molar refractivity (Wildman–Crippen MR) is 215 cm³/mol. The van der Waals surface area contributed by atoms with Gasteiger partial charge in [0.05, 0.1) is 25.8 Å². The van der Waals surface area contributed by atoms with E-state index < -0.39 is 24.2 Å². The number of fused-ring (bicyclic) bond motifs is 3. The van der Waals surface area contributed by atoms with Gasteiger partial charge in [-0.15, -0.1) is 0 Å². The van der Waals surface area contributed by atoms with Crippen molar-refractivity contribution in [3.05, 3.63) is 158 Å². The van der Waals surface area contributed by atoms with Crippen molar-refractivity contribution in [1.82, 2.24) is 10.2 Å². The van der Waals surface area contributed by atoms with Crippen LogP contribution in [-0.4, -0.2) is 56.9 Å². The van der Waals surface area contributed by atoms with Gasteiger partial charge in [-0.2, -0.15) is 4.73 Å². The van der Waals surface area contributed by atoms with Crippen LogP contribution in [0.25, 0.3) is 0 Å². The molecule has 13 heteroatoms. The molecule has 0 aliphatic carbocycles. The third kappa shape index (κ3) is 9.73. The lowest BCUT2D eigenvalue weighted by Gasteiger charge is -2.43. The average molecular weight is 813 g/mol. The van der Waals surface area contributed by atoms with Crippen LogP contribution in [0.2, 0.25) is 10.0 Å². The number of carbonyl (C=O) groups is 2. The normalized spacial score (nSPS) is 18.2. The Morgan fingerprint density at radius 2 is 1.56 bits per heavy atom. The molecule has 2 bridgehead atoms. The maximum atomic E-state index is 13.8. The molecule has 3 aliphatic heterocycles. The van der Waals surface area contributed by atoms with E-state index in [-0.39, 0.29) is 29.2 Å². The van der Waals surface area contributed by atoms with Crippen molar-refractivity contribution >= 4 is 35.3 Å². The second kappa shape index (κ2) is 18.2. The molecule has 0 spiro atoms. The van der Waals surface area contributed by atoms with Crippen LogP contribution in [0.15, 0.2) is 109 Å². The highest BCUT2D eigenvalue weighted by Gasteiger charge is 2.37. The van der Waals surface area contributed by atoms with Crippen LogP contribution in [0.5, 0.6) is 17.2 Å². The molecule has 57 heavy (non-hydrogen) atoms. The summed E-state index contributed by atoms with van der Waals surface area (Å²) in [6, 6.07) is 29.0. The van der Waals surface area contributed by atoms with E-state index in [9.17, 15) is 14.8 Å². The van der Waals surface area contributed by atoms with Gasteiger partial charge in [0.25, 0.3) is 0 Å². The Bertz CT molecular complexity index is 2180. The SMILES string of the molecule is COc1ccc(C(Cc2c(Cl)c[n+]([O-])cc2Cl)OC(=O)c2cccc(COc3cccc(C(NC(=O)O[C@H]4CN5CCC4CC5)c4ccccc4)c3)c2)cc1OC. The molecule has 8 rings (SSSR count). The Hall–Kier alpha value is -5.49. The van der Waals surface area contributed by atoms with E-state index in [0.717, 1.165) is 49.2 Å². The number of carbonyl (C=O) groups excluding carboxylic acids is 2. The number of rotatable bonds is 14. The molecule has 296 valence electrons. The van der Waals surface area contributed by atoms with E-state index in [1.165, 1.54) is 26.6 Å². The number of esters is 1. The minimum Gasteiger partial charge on any atom is -0.619 e. The fourth-order valence-corrected chi connectivity index (χ4v) is 8.06. The van der Waals surface area contributed by atoms with Crippen molar-refractivity contribution < 1.29 is 38.0 Å². The van der Waals surface area contributed by atoms with Crippen LogP contribution in [0.1, 0.15) is 63.2 Å². The Balaban J connectivity index is 1.06. The van der Waals surface area contributed by atoms with Gasteiger partial charge in [-0.05, 0) is 90.5 Å². The summed E-state index contributed by atoms with van der Waals surface area (Å²) in [6.07, 6.45) is 3.14. The summed E-state index contributed by atoms with van der Waals surface area (Å²) in [5, 5.41) is 15.3. The molecule has 3 aliphatic rings. The highest BCUT2D eigenvalue weighted by molar-refractivity contribution is 6.35. The van der Waals surface area contributed by atoms with E-state index in [4.69, 9.17) is 46.9 Å². The number of pyridine rings is 1. The quantitative estimate of drug-likeness (QED) is 0.0671. The molecule has 3 saturated heterocycles. The summed E-state index contributed by atoms with van der Waals surface area (Å²) in [5.41, 5.74) is 3.80. The molecule has 1 aromatic heterocycles. The van der Waals surface area contributed by atoms with Gasteiger partial charge in [-0.25, -0.2) is 9.59 Å². The van der Waals surface area contributed by atoms with Gasteiger partial charge in [-0.1, -0.05) is 83.9 Å². The lowest BCUT2D eigenvalue weighted by Crippen LogP contribution is -2.52. The molecular formula is C44H43Cl2N3O8. The maximum absolute atomic E-state index is 13.8. The fourth-order valence-electron chi connectivity index (χ4n) is 7.47. The third-order valence-electron chi connectivity index (χ3n) is 10.5. The van der Waals surface area contributed by atoms with E-state index in [0.29, 0.717) is 44.6 Å². The zero-order chi connectivity index (χ0) is 39.9. The Labute approximate surface area is 341 Å².